The minimum atomic E-state index is -0.290. The van der Waals surface area contributed by atoms with Crippen molar-refractivity contribution in [2.24, 2.45) is 4.99 Å². The average Bonchev–Trinajstić information content (AvgIpc) is 3.42. The zero-order valence-electron chi connectivity index (χ0n) is 16.6. The van der Waals surface area contributed by atoms with E-state index < -0.39 is 0 Å². The molecule has 30 heavy (non-hydrogen) atoms. The van der Waals surface area contributed by atoms with Gasteiger partial charge in [-0.05, 0) is 23.8 Å². The van der Waals surface area contributed by atoms with Crippen molar-refractivity contribution in [1.82, 2.24) is 24.8 Å². The monoisotopic (exact) mass is 522 g/mol. The van der Waals surface area contributed by atoms with Gasteiger partial charge in [0, 0.05) is 51.2 Å². The van der Waals surface area contributed by atoms with Gasteiger partial charge in [-0.1, -0.05) is 12.1 Å². The fourth-order valence-corrected chi connectivity index (χ4v) is 3.39. The van der Waals surface area contributed by atoms with Crippen LogP contribution in [0.1, 0.15) is 12.0 Å². The molecule has 0 spiro atoms. The van der Waals surface area contributed by atoms with Gasteiger partial charge in [-0.2, -0.15) is 0 Å². The number of hydrogen-bond donors (Lipinski definition) is 1. The van der Waals surface area contributed by atoms with E-state index in [2.05, 4.69) is 25.2 Å². The lowest BCUT2D eigenvalue weighted by molar-refractivity contribution is 0.205. The molecule has 0 radical (unpaired) electrons. The van der Waals surface area contributed by atoms with Crippen molar-refractivity contribution in [3.05, 3.63) is 72.7 Å². The van der Waals surface area contributed by atoms with E-state index >= 15 is 0 Å². The second kappa shape index (κ2) is 10.4. The molecule has 1 N–H and O–H groups in total. The summed E-state index contributed by atoms with van der Waals surface area (Å²) < 4.78 is 22.0. The van der Waals surface area contributed by atoms with Gasteiger partial charge in [-0.15, -0.1) is 24.0 Å². The van der Waals surface area contributed by atoms with E-state index in [4.69, 9.17) is 4.74 Å². The third-order valence-corrected chi connectivity index (χ3v) is 4.83. The number of pyridine rings is 1. The molecule has 7 nitrogen and oxygen atoms in total. The number of aliphatic imine (C=N–C) groups is 1. The highest BCUT2D eigenvalue weighted by Gasteiger charge is 2.26. The van der Waals surface area contributed by atoms with Crippen molar-refractivity contribution >= 4 is 29.9 Å². The van der Waals surface area contributed by atoms with E-state index in [9.17, 15) is 4.39 Å². The van der Waals surface area contributed by atoms with Gasteiger partial charge in [-0.25, -0.2) is 14.4 Å². The molecule has 2 aromatic heterocycles. The Labute approximate surface area is 192 Å². The molecular formula is C21H24FIN6O. The van der Waals surface area contributed by atoms with Gasteiger partial charge in [0.25, 0.3) is 0 Å². The number of nitrogens with one attached hydrogen (secondary N) is 1. The van der Waals surface area contributed by atoms with Crippen LogP contribution in [0, 0.1) is 5.82 Å². The van der Waals surface area contributed by atoms with Crippen LogP contribution in [-0.2, 0) is 6.54 Å². The van der Waals surface area contributed by atoms with Gasteiger partial charge in [0.1, 0.15) is 11.9 Å². The molecule has 0 bridgehead atoms. The van der Waals surface area contributed by atoms with Gasteiger partial charge < -0.3 is 19.5 Å². The first-order chi connectivity index (χ1) is 14.2. The molecule has 3 heterocycles. The first-order valence-corrected chi connectivity index (χ1v) is 9.53. The first-order valence-electron chi connectivity index (χ1n) is 9.53. The first kappa shape index (κ1) is 22.0. The van der Waals surface area contributed by atoms with Crippen LogP contribution >= 0.6 is 24.0 Å². The number of rotatable bonds is 5. The van der Waals surface area contributed by atoms with Crippen LogP contribution in [0.3, 0.4) is 0 Å². The molecular weight excluding hydrogens is 498 g/mol. The Morgan fingerprint density at radius 1 is 1.30 bits per heavy atom. The predicted molar refractivity (Wildman–Crippen MR) is 124 cm³/mol. The zero-order valence-corrected chi connectivity index (χ0v) is 18.9. The average molecular weight is 522 g/mol. The Morgan fingerprint density at radius 2 is 2.20 bits per heavy atom. The SMILES string of the molecule is CN=C(NCc1ccc(-n2ccnc2)c(F)c1)N1CCC(Oc2ccccn2)C1.I. The second-order valence-electron chi connectivity index (χ2n) is 6.80. The number of imidazole rings is 1. The number of benzene rings is 1. The number of guanidine groups is 1. The summed E-state index contributed by atoms with van der Waals surface area (Å²) in [6.45, 7) is 2.05. The van der Waals surface area contributed by atoms with Gasteiger partial charge in [-0.3, -0.25) is 4.99 Å². The summed E-state index contributed by atoms with van der Waals surface area (Å²) >= 11 is 0. The molecule has 158 valence electrons. The normalized spacial score (nSPS) is 16.3. The fraction of sp³-hybridized carbons (Fsp3) is 0.286. The van der Waals surface area contributed by atoms with E-state index in [1.165, 1.54) is 6.07 Å². The third-order valence-electron chi connectivity index (χ3n) is 4.83. The Morgan fingerprint density at radius 3 is 2.90 bits per heavy atom. The summed E-state index contributed by atoms with van der Waals surface area (Å²) in [7, 11) is 1.75. The molecule has 9 heteroatoms. The Bertz CT molecular complexity index is 967. The van der Waals surface area contributed by atoms with Crippen LogP contribution in [-0.4, -0.2) is 51.6 Å². The van der Waals surface area contributed by atoms with Gasteiger partial charge in [0.05, 0.1) is 18.6 Å². The summed E-state index contributed by atoms with van der Waals surface area (Å²) in [6.07, 6.45) is 7.60. The Balaban J connectivity index is 0.00000256. The summed E-state index contributed by atoms with van der Waals surface area (Å²) in [5, 5.41) is 3.31. The summed E-state index contributed by atoms with van der Waals surface area (Å²) in [5.41, 5.74) is 1.32. The van der Waals surface area contributed by atoms with Crippen LogP contribution in [0.2, 0.25) is 0 Å². The number of hydrogen-bond acceptors (Lipinski definition) is 4. The molecule has 1 aliphatic rings. The maximum atomic E-state index is 14.4. The lowest BCUT2D eigenvalue weighted by Crippen LogP contribution is -2.40. The molecule has 4 rings (SSSR count). The largest absolute Gasteiger partial charge is 0.472 e. The molecule has 0 amide bonds. The Kier molecular flexibility index (Phi) is 7.61. The molecule has 0 saturated carbocycles. The van der Waals surface area contributed by atoms with Crippen molar-refractivity contribution in [3.8, 4) is 11.6 Å². The van der Waals surface area contributed by atoms with Crippen LogP contribution < -0.4 is 10.1 Å². The highest BCUT2D eigenvalue weighted by Crippen LogP contribution is 2.17. The van der Waals surface area contributed by atoms with Crippen molar-refractivity contribution in [2.75, 3.05) is 20.1 Å². The number of ether oxygens (including phenoxy) is 1. The molecule has 1 aliphatic heterocycles. The minimum absolute atomic E-state index is 0. The maximum Gasteiger partial charge on any atom is 0.213 e. The quantitative estimate of drug-likeness (QED) is 0.317. The maximum absolute atomic E-state index is 14.4. The van der Waals surface area contributed by atoms with E-state index in [1.54, 1.807) is 42.6 Å². The van der Waals surface area contributed by atoms with Gasteiger partial charge in [0.2, 0.25) is 5.88 Å². The molecule has 1 saturated heterocycles. The molecule has 3 aromatic rings. The van der Waals surface area contributed by atoms with E-state index in [1.807, 2.05) is 24.3 Å². The van der Waals surface area contributed by atoms with Crippen LogP contribution in [0.4, 0.5) is 4.39 Å². The van der Waals surface area contributed by atoms with E-state index in [-0.39, 0.29) is 35.9 Å². The van der Waals surface area contributed by atoms with E-state index in [0.717, 1.165) is 31.0 Å². The number of nitrogens with zero attached hydrogens (tertiary/aromatic N) is 5. The highest BCUT2D eigenvalue weighted by molar-refractivity contribution is 14.0. The smallest absolute Gasteiger partial charge is 0.213 e. The van der Waals surface area contributed by atoms with E-state index in [0.29, 0.717) is 18.1 Å². The van der Waals surface area contributed by atoms with Gasteiger partial charge in [0.15, 0.2) is 5.96 Å². The number of halogens is 2. The third kappa shape index (κ3) is 5.26. The van der Waals surface area contributed by atoms with Crippen LogP contribution in [0.25, 0.3) is 5.69 Å². The highest BCUT2D eigenvalue weighted by atomic mass is 127. The molecule has 1 unspecified atom stereocenters. The minimum Gasteiger partial charge on any atom is -0.472 e. The number of likely N-dealkylation sites (tertiary alicyclic amines) is 1. The standard InChI is InChI=1S/C21H23FN6O.HI/c1-23-21(27-10-7-17(14-27)29-20-4-2-3-8-25-20)26-13-16-5-6-19(18(22)12-16)28-11-9-24-15-28;/h2-6,8-9,11-12,15,17H,7,10,13-14H2,1H3,(H,23,26);1H. The molecule has 1 aromatic carbocycles. The lowest BCUT2D eigenvalue weighted by atomic mass is 10.2. The topological polar surface area (TPSA) is 67.6 Å². The molecule has 1 atom stereocenters. The lowest BCUT2D eigenvalue weighted by Gasteiger charge is -2.22. The van der Waals surface area contributed by atoms with Crippen molar-refractivity contribution in [1.29, 1.82) is 0 Å². The Hall–Kier alpha value is -2.69. The van der Waals surface area contributed by atoms with Crippen LogP contribution in [0.15, 0.2) is 66.3 Å². The summed E-state index contributed by atoms with van der Waals surface area (Å²) in [4.78, 5) is 14.7. The van der Waals surface area contributed by atoms with Crippen molar-refractivity contribution in [3.63, 3.8) is 0 Å². The van der Waals surface area contributed by atoms with Crippen molar-refractivity contribution < 1.29 is 9.13 Å². The molecule has 1 fully saturated rings. The second-order valence-corrected chi connectivity index (χ2v) is 6.80. The summed E-state index contributed by atoms with van der Waals surface area (Å²) in [6, 6.07) is 10.8. The zero-order chi connectivity index (χ0) is 20.1. The fourth-order valence-electron chi connectivity index (χ4n) is 3.39. The number of aromatic nitrogens is 3. The summed E-state index contributed by atoms with van der Waals surface area (Å²) in [5.74, 6) is 1.12. The predicted octanol–water partition coefficient (Wildman–Crippen LogP) is 3.25. The van der Waals surface area contributed by atoms with Gasteiger partial charge >= 0.3 is 0 Å². The van der Waals surface area contributed by atoms with Crippen molar-refractivity contribution in [2.45, 2.75) is 19.1 Å². The molecule has 0 aliphatic carbocycles. The van der Waals surface area contributed by atoms with Crippen LogP contribution in [0.5, 0.6) is 5.88 Å².